The van der Waals surface area contributed by atoms with Crippen molar-refractivity contribution in [1.29, 1.82) is 0 Å². The second kappa shape index (κ2) is 9.39. The van der Waals surface area contributed by atoms with Crippen LogP contribution in [0.5, 0.6) is 11.5 Å². The molecule has 4 rings (SSSR count). The first-order valence-corrected chi connectivity index (χ1v) is 11.2. The maximum Gasteiger partial charge on any atom is 0.433 e. The lowest BCUT2D eigenvalue weighted by Crippen LogP contribution is -2.16. The molecular formula is C22H14BrClF3N5O4. The molecule has 0 aliphatic heterocycles. The molecule has 0 spiro atoms. The Hall–Kier alpha value is -3.71. The van der Waals surface area contributed by atoms with Gasteiger partial charge in [-0.25, -0.2) is 9.50 Å². The van der Waals surface area contributed by atoms with E-state index in [1.165, 1.54) is 13.0 Å². The van der Waals surface area contributed by atoms with Gasteiger partial charge in [0.2, 0.25) is 0 Å². The molecule has 2 aromatic heterocycles. The molecule has 0 saturated heterocycles. The zero-order valence-corrected chi connectivity index (χ0v) is 20.7. The Morgan fingerprint density at radius 3 is 2.56 bits per heavy atom. The number of nitrogens with one attached hydrogen (secondary N) is 1. The van der Waals surface area contributed by atoms with E-state index in [1.807, 2.05) is 0 Å². The lowest BCUT2D eigenvalue weighted by atomic mass is 10.2. The van der Waals surface area contributed by atoms with E-state index < -0.39 is 28.4 Å². The number of ether oxygens (including phenoxy) is 1. The zero-order valence-electron chi connectivity index (χ0n) is 18.4. The number of halogens is 5. The minimum Gasteiger partial charge on any atom is -0.457 e. The summed E-state index contributed by atoms with van der Waals surface area (Å²) in [7, 11) is 0. The average molecular weight is 585 g/mol. The van der Waals surface area contributed by atoms with Crippen LogP contribution < -0.4 is 10.1 Å². The molecule has 0 fully saturated rings. The molecule has 1 N–H and O–H groups in total. The Labute approximate surface area is 214 Å². The lowest BCUT2D eigenvalue weighted by molar-refractivity contribution is -0.384. The van der Waals surface area contributed by atoms with Crippen LogP contribution in [-0.2, 0) is 6.18 Å². The minimum absolute atomic E-state index is 0.0376. The maximum atomic E-state index is 13.5. The van der Waals surface area contributed by atoms with Crippen LogP contribution in [-0.4, -0.2) is 25.4 Å². The fourth-order valence-electron chi connectivity index (χ4n) is 3.32. The SMILES string of the molecule is Cc1cc(C(F)(F)F)n2nc(C(=O)Nc3cc(Oc4ccc(Cl)cc4C)cc([N+](=O)[O-])c3)c(Br)c2n1. The molecule has 0 radical (unpaired) electrons. The third-order valence-electron chi connectivity index (χ3n) is 4.89. The smallest absolute Gasteiger partial charge is 0.433 e. The number of hydrogen-bond donors (Lipinski definition) is 1. The molecule has 186 valence electrons. The third-order valence-corrected chi connectivity index (χ3v) is 5.86. The van der Waals surface area contributed by atoms with E-state index in [4.69, 9.17) is 16.3 Å². The van der Waals surface area contributed by atoms with Crippen molar-refractivity contribution in [2.45, 2.75) is 20.0 Å². The summed E-state index contributed by atoms with van der Waals surface area (Å²) >= 11 is 9.04. The van der Waals surface area contributed by atoms with E-state index in [0.717, 1.165) is 18.2 Å². The molecule has 9 nitrogen and oxygen atoms in total. The number of benzene rings is 2. The first-order chi connectivity index (χ1) is 16.8. The number of nitrogens with zero attached hydrogens (tertiary/aromatic N) is 4. The van der Waals surface area contributed by atoms with Crippen molar-refractivity contribution < 1.29 is 27.6 Å². The standard InChI is InChI=1S/C22H14BrClF3N5O4/c1-10-5-12(24)3-4-16(10)36-15-8-13(7-14(9-15)32(34)35)29-21(33)19-18(23)20-28-11(2)6-17(22(25,26)27)31(20)30-19/h3-9H,1-2H3,(H,29,33). The number of alkyl halides is 3. The van der Waals surface area contributed by atoms with Gasteiger partial charge in [0, 0.05) is 22.8 Å². The normalized spacial score (nSPS) is 11.5. The van der Waals surface area contributed by atoms with Crippen molar-refractivity contribution >= 4 is 50.5 Å². The molecule has 0 aliphatic rings. The Morgan fingerprint density at radius 2 is 1.92 bits per heavy atom. The van der Waals surface area contributed by atoms with E-state index >= 15 is 0 Å². The maximum absolute atomic E-state index is 13.5. The second-order valence-corrected chi connectivity index (χ2v) is 8.85. The summed E-state index contributed by atoms with van der Waals surface area (Å²) in [6.45, 7) is 3.11. The highest BCUT2D eigenvalue weighted by atomic mass is 79.9. The van der Waals surface area contributed by atoms with Crippen LogP contribution in [0.25, 0.3) is 5.65 Å². The Balaban J connectivity index is 1.71. The van der Waals surface area contributed by atoms with Crippen LogP contribution in [0.2, 0.25) is 5.02 Å². The molecular weight excluding hydrogens is 571 g/mol. The average Bonchev–Trinajstić information content (AvgIpc) is 3.10. The summed E-state index contributed by atoms with van der Waals surface area (Å²) in [5.74, 6) is -0.510. The summed E-state index contributed by atoms with van der Waals surface area (Å²) in [5.41, 5.74) is -1.43. The highest BCUT2D eigenvalue weighted by Crippen LogP contribution is 2.34. The van der Waals surface area contributed by atoms with Gasteiger partial charge in [0.1, 0.15) is 17.2 Å². The number of nitro benzene ring substituents is 1. The number of aromatic nitrogens is 3. The number of carbonyl (C=O) groups excluding carboxylic acids is 1. The van der Waals surface area contributed by atoms with Crippen LogP contribution in [0.1, 0.15) is 27.4 Å². The quantitative estimate of drug-likeness (QED) is 0.206. The molecule has 14 heteroatoms. The largest absolute Gasteiger partial charge is 0.457 e. The predicted octanol–water partition coefficient (Wildman–Crippen LogP) is 6.73. The first-order valence-electron chi connectivity index (χ1n) is 10.0. The summed E-state index contributed by atoms with van der Waals surface area (Å²) in [4.78, 5) is 27.7. The molecule has 36 heavy (non-hydrogen) atoms. The third kappa shape index (κ3) is 5.11. The summed E-state index contributed by atoms with van der Waals surface area (Å²) in [6, 6.07) is 9.16. The van der Waals surface area contributed by atoms with Gasteiger partial charge in [-0.05, 0) is 59.6 Å². The molecule has 2 heterocycles. The van der Waals surface area contributed by atoms with Crippen molar-refractivity contribution in [3.63, 3.8) is 0 Å². The Kier molecular flexibility index (Phi) is 6.62. The summed E-state index contributed by atoms with van der Waals surface area (Å²) in [6.07, 6.45) is -4.75. The van der Waals surface area contributed by atoms with Crippen LogP contribution in [0.4, 0.5) is 24.5 Å². The van der Waals surface area contributed by atoms with Gasteiger partial charge < -0.3 is 10.1 Å². The van der Waals surface area contributed by atoms with E-state index in [1.54, 1.807) is 25.1 Å². The van der Waals surface area contributed by atoms with Gasteiger partial charge >= 0.3 is 6.18 Å². The first kappa shape index (κ1) is 25.4. The Bertz CT molecular complexity index is 1540. The van der Waals surface area contributed by atoms with Crippen LogP contribution in [0, 0.1) is 24.0 Å². The number of aryl methyl sites for hydroxylation is 2. The van der Waals surface area contributed by atoms with Gasteiger partial charge in [0.25, 0.3) is 11.6 Å². The van der Waals surface area contributed by atoms with Crippen molar-refractivity contribution in [2.24, 2.45) is 0 Å². The minimum atomic E-state index is -4.75. The highest BCUT2D eigenvalue weighted by molar-refractivity contribution is 9.10. The monoisotopic (exact) mass is 583 g/mol. The van der Waals surface area contributed by atoms with E-state index in [2.05, 4.69) is 31.3 Å². The molecule has 0 aliphatic carbocycles. The number of non-ortho nitro benzene ring substituents is 1. The fourth-order valence-corrected chi connectivity index (χ4v) is 4.07. The van der Waals surface area contributed by atoms with Gasteiger partial charge in [-0.15, -0.1) is 0 Å². The van der Waals surface area contributed by atoms with E-state index in [9.17, 15) is 28.1 Å². The van der Waals surface area contributed by atoms with Gasteiger partial charge in [0.15, 0.2) is 11.3 Å². The number of fused-ring (bicyclic) bond motifs is 1. The van der Waals surface area contributed by atoms with Crippen LogP contribution in [0.3, 0.4) is 0 Å². The Morgan fingerprint density at radius 1 is 1.19 bits per heavy atom. The van der Waals surface area contributed by atoms with Gasteiger partial charge in [-0.3, -0.25) is 14.9 Å². The predicted molar refractivity (Wildman–Crippen MR) is 128 cm³/mol. The molecule has 4 aromatic rings. The second-order valence-electron chi connectivity index (χ2n) is 7.62. The molecule has 0 unspecified atom stereocenters. The topological polar surface area (TPSA) is 112 Å². The van der Waals surface area contributed by atoms with E-state index in [-0.39, 0.29) is 32.9 Å². The number of nitro groups is 1. The van der Waals surface area contributed by atoms with Gasteiger partial charge in [0.05, 0.1) is 21.1 Å². The van der Waals surface area contributed by atoms with Crippen molar-refractivity contribution in [2.75, 3.05) is 5.32 Å². The molecule has 0 atom stereocenters. The number of carbonyl (C=O) groups is 1. The summed E-state index contributed by atoms with van der Waals surface area (Å²) < 4.78 is 46.7. The van der Waals surface area contributed by atoms with Gasteiger partial charge in [-0.2, -0.15) is 18.3 Å². The number of rotatable bonds is 5. The van der Waals surface area contributed by atoms with Crippen molar-refractivity contribution in [1.82, 2.24) is 14.6 Å². The zero-order chi connectivity index (χ0) is 26.4. The molecule has 2 aromatic carbocycles. The highest BCUT2D eigenvalue weighted by Gasteiger charge is 2.36. The van der Waals surface area contributed by atoms with E-state index in [0.29, 0.717) is 20.9 Å². The number of anilines is 1. The number of hydrogen-bond acceptors (Lipinski definition) is 6. The van der Waals surface area contributed by atoms with Crippen molar-refractivity contribution in [3.05, 3.63) is 84.7 Å². The van der Waals surface area contributed by atoms with Gasteiger partial charge in [-0.1, -0.05) is 11.6 Å². The lowest BCUT2D eigenvalue weighted by Gasteiger charge is -2.11. The molecule has 1 amide bonds. The fraction of sp³-hybridized carbons (Fsp3) is 0.136. The number of amides is 1. The van der Waals surface area contributed by atoms with Crippen molar-refractivity contribution in [3.8, 4) is 11.5 Å². The van der Waals surface area contributed by atoms with Crippen LogP contribution >= 0.6 is 27.5 Å². The molecule has 0 saturated carbocycles. The summed E-state index contributed by atoms with van der Waals surface area (Å²) in [5, 5.41) is 18.1. The van der Waals surface area contributed by atoms with Crippen LogP contribution in [0.15, 0.2) is 46.9 Å². The molecule has 0 bridgehead atoms.